The van der Waals surface area contributed by atoms with Crippen LogP contribution in [-0.4, -0.2) is 273 Å². The Bertz CT molecular complexity index is 1220. The predicted molar refractivity (Wildman–Crippen MR) is 167 cm³/mol. The minimum atomic E-state index is -2.47. The Morgan fingerprint density at radius 1 is 0.357 bits per heavy atom. The molecule has 0 saturated carbocycles. The molecule has 0 bridgehead atoms. The van der Waals surface area contributed by atoms with E-state index in [-0.39, 0.29) is 0 Å². The smallest absolute Gasteiger partial charge is 0.224 e. The number of hydrogen-bond donors (Lipinski definition) is 17. The molecule has 5 heterocycles. The average molecular weight is 829 g/mol. The van der Waals surface area contributed by atoms with Crippen LogP contribution >= 0.6 is 0 Å². The lowest BCUT2D eigenvalue weighted by Gasteiger charge is -2.45. The molecule has 56 heavy (non-hydrogen) atoms. The lowest BCUT2D eigenvalue weighted by atomic mass is 9.97. The van der Waals surface area contributed by atoms with Crippen LogP contribution in [0.2, 0.25) is 0 Å². The molecule has 0 unspecified atom stereocenters. The van der Waals surface area contributed by atoms with Crippen molar-refractivity contribution in [1.29, 1.82) is 0 Å². The van der Waals surface area contributed by atoms with Gasteiger partial charge < -0.3 is 129 Å². The Hall–Kier alpha value is -1.04. The van der Waals surface area contributed by atoms with Crippen molar-refractivity contribution in [3.63, 3.8) is 0 Å². The fraction of sp³-hybridized carbons (Fsp3) is 1.00. The molecule has 17 N–H and O–H groups in total. The zero-order valence-corrected chi connectivity index (χ0v) is 29.3. The third kappa shape index (κ3) is 9.16. The summed E-state index contributed by atoms with van der Waals surface area (Å²) < 4.78 is 48.8. The highest BCUT2D eigenvalue weighted by molar-refractivity contribution is 4.99. The Kier molecular flexibility index (Phi) is 15.7. The first-order chi connectivity index (χ1) is 26.4. The molecule has 328 valence electrons. The summed E-state index contributed by atoms with van der Waals surface area (Å²) in [6.45, 7) is -4.94. The normalized spacial score (nSPS) is 53.0. The molecule has 0 amide bonds. The molecule has 0 aromatic heterocycles. The largest absolute Gasteiger partial charge is 0.394 e. The first-order valence-electron chi connectivity index (χ1n) is 17.6. The molecule has 5 saturated heterocycles. The summed E-state index contributed by atoms with van der Waals surface area (Å²) in [6.07, 6.45) is -41.3. The van der Waals surface area contributed by atoms with Gasteiger partial charge in [-0.25, -0.2) is 0 Å². The van der Waals surface area contributed by atoms with Gasteiger partial charge in [0.05, 0.1) is 33.0 Å². The molecule has 26 nitrogen and oxygen atoms in total. The highest BCUT2D eigenvalue weighted by atomic mass is 16.8. The van der Waals surface area contributed by atoms with Crippen molar-refractivity contribution in [2.24, 2.45) is 0 Å². The van der Waals surface area contributed by atoms with E-state index in [0.29, 0.717) is 0 Å². The van der Waals surface area contributed by atoms with E-state index >= 15 is 0 Å². The van der Waals surface area contributed by atoms with Crippen molar-refractivity contribution >= 4 is 0 Å². The van der Waals surface area contributed by atoms with Gasteiger partial charge in [-0.1, -0.05) is 0 Å². The van der Waals surface area contributed by atoms with Gasteiger partial charge in [0, 0.05) is 0 Å². The van der Waals surface area contributed by atoms with Crippen molar-refractivity contribution in [3.8, 4) is 0 Å². The first-order valence-corrected chi connectivity index (χ1v) is 17.6. The fourth-order valence-corrected chi connectivity index (χ4v) is 6.78. The van der Waals surface area contributed by atoms with Gasteiger partial charge in [0.15, 0.2) is 25.2 Å². The van der Waals surface area contributed by atoms with Gasteiger partial charge in [0.2, 0.25) is 5.79 Å². The second-order valence-corrected chi connectivity index (χ2v) is 14.1. The fourth-order valence-electron chi connectivity index (χ4n) is 6.78. The molecule has 5 rings (SSSR count). The minimum Gasteiger partial charge on any atom is -0.394 e. The summed E-state index contributed by atoms with van der Waals surface area (Å²) in [5, 5.41) is 174. The summed E-state index contributed by atoms with van der Waals surface area (Å²) in [7, 11) is 0. The van der Waals surface area contributed by atoms with Gasteiger partial charge in [0.25, 0.3) is 0 Å². The quantitative estimate of drug-likeness (QED) is 0.0773. The van der Waals surface area contributed by atoms with Crippen molar-refractivity contribution in [1.82, 2.24) is 0 Å². The summed E-state index contributed by atoms with van der Waals surface area (Å²) in [6, 6.07) is 0. The van der Waals surface area contributed by atoms with Crippen LogP contribution in [0, 0.1) is 0 Å². The summed E-state index contributed by atoms with van der Waals surface area (Å²) >= 11 is 0. The van der Waals surface area contributed by atoms with E-state index in [0.717, 1.165) is 0 Å². The van der Waals surface area contributed by atoms with Gasteiger partial charge in [-0.2, -0.15) is 0 Å². The highest BCUT2D eigenvalue weighted by Gasteiger charge is 2.59. The highest BCUT2D eigenvalue weighted by Crippen LogP contribution is 2.36. The number of aliphatic hydroxyl groups excluding tert-OH is 17. The Labute approximate surface area is 316 Å². The van der Waals surface area contributed by atoms with E-state index in [2.05, 4.69) is 0 Å². The molecule has 0 aliphatic carbocycles. The zero-order chi connectivity index (χ0) is 41.4. The molecule has 5 aliphatic rings. The molecular formula is C30H52O26. The Balaban J connectivity index is 1.18. The lowest BCUT2D eigenvalue weighted by molar-refractivity contribution is -0.388. The van der Waals surface area contributed by atoms with Crippen LogP contribution in [0.25, 0.3) is 0 Å². The minimum absolute atomic E-state index is 0.677. The maximum atomic E-state index is 10.6. The average Bonchev–Trinajstić information content (AvgIpc) is 3.43. The van der Waals surface area contributed by atoms with Gasteiger partial charge in [-0.3, -0.25) is 0 Å². The molecule has 24 atom stereocenters. The number of rotatable bonds is 14. The van der Waals surface area contributed by atoms with Crippen LogP contribution in [0.15, 0.2) is 0 Å². The molecule has 5 fully saturated rings. The van der Waals surface area contributed by atoms with Crippen LogP contribution in [-0.2, 0) is 42.6 Å². The zero-order valence-electron chi connectivity index (χ0n) is 29.3. The van der Waals surface area contributed by atoms with Crippen LogP contribution < -0.4 is 0 Å². The van der Waals surface area contributed by atoms with E-state index in [1.165, 1.54) is 0 Å². The van der Waals surface area contributed by atoms with Gasteiger partial charge in [0.1, 0.15) is 123 Å². The van der Waals surface area contributed by atoms with E-state index in [9.17, 15) is 86.8 Å². The van der Waals surface area contributed by atoms with E-state index in [1.807, 2.05) is 0 Å². The summed E-state index contributed by atoms with van der Waals surface area (Å²) in [5.41, 5.74) is 0. The molecule has 26 heteroatoms. The maximum Gasteiger partial charge on any atom is 0.224 e. The lowest BCUT2D eigenvalue weighted by Crippen LogP contribution is -2.64. The molecule has 0 aromatic carbocycles. The van der Waals surface area contributed by atoms with Crippen LogP contribution in [0.3, 0.4) is 0 Å². The molecule has 5 aliphatic heterocycles. The van der Waals surface area contributed by atoms with Crippen LogP contribution in [0.5, 0.6) is 0 Å². The SMILES string of the molecule is OC[C@H]1O[C@H](OC[C@H]2O[C@H](OC[C@H]3O[C@H](OC[C@H]4O[C@H](O[C@]5(CO)O[C@H](CO)[C@@H](O)[C@@H]5O)[C@H](O)[C@@H](O)[C@@H]4O)[C@H](O)[C@H](O)[C@H]3O)[C@H](O)[C@H](O)[C@H]2O)[C@H](O)[C@H](O)[C@H]1O. The molecule has 0 radical (unpaired) electrons. The van der Waals surface area contributed by atoms with Gasteiger partial charge in [-0.15, -0.1) is 0 Å². The summed E-state index contributed by atoms with van der Waals surface area (Å²) in [4.78, 5) is 0. The van der Waals surface area contributed by atoms with Gasteiger partial charge in [-0.05, 0) is 0 Å². The standard InChI is InChI=1S/C30H52O26/c31-1-7-12(34)17(39)21(43)26(51-7)48-3-9-13(35)18(40)22(44)27(52-9)49-4-10-14(36)19(41)23(45)28(53-10)50-5-11-15(37)20(42)24(46)29(54-11)56-30(6-33)25(47)16(38)8(2-32)55-30/h7-29,31-47H,1-6H2/t7-,8-,9-,10-,11-,12+,13+,14+,15-,16-,17-,18-,19-,20+,21-,22-,23-,24-,25+,26+,27+,28+,29-,30+/m1/s1. The Morgan fingerprint density at radius 3 is 1.02 bits per heavy atom. The predicted octanol–water partition coefficient (Wildman–Crippen LogP) is -11.9. The third-order valence-electron chi connectivity index (χ3n) is 10.4. The number of ether oxygens (including phenoxy) is 9. The summed E-state index contributed by atoms with van der Waals surface area (Å²) in [5.74, 6) is -2.47. The number of aliphatic hydroxyl groups is 17. The van der Waals surface area contributed by atoms with Crippen molar-refractivity contribution < 1.29 is 129 Å². The van der Waals surface area contributed by atoms with Crippen LogP contribution in [0.4, 0.5) is 0 Å². The molecule has 0 spiro atoms. The third-order valence-corrected chi connectivity index (χ3v) is 10.4. The van der Waals surface area contributed by atoms with Crippen molar-refractivity contribution in [2.75, 3.05) is 39.6 Å². The monoisotopic (exact) mass is 828 g/mol. The van der Waals surface area contributed by atoms with Crippen molar-refractivity contribution in [2.45, 2.75) is 147 Å². The van der Waals surface area contributed by atoms with E-state index in [4.69, 9.17) is 42.6 Å². The molecule has 0 aromatic rings. The Morgan fingerprint density at radius 2 is 0.679 bits per heavy atom. The van der Waals surface area contributed by atoms with Crippen LogP contribution in [0.1, 0.15) is 0 Å². The maximum absolute atomic E-state index is 10.6. The van der Waals surface area contributed by atoms with E-state index in [1.54, 1.807) is 0 Å². The van der Waals surface area contributed by atoms with Crippen molar-refractivity contribution in [3.05, 3.63) is 0 Å². The number of hydrogen-bond acceptors (Lipinski definition) is 26. The first kappa shape index (κ1) is 46.0. The topological polar surface area (TPSA) is 427 Å². The van der Waals surface area contributed by atoms with Gasteiger partial charge >= 0.3 is 0 Å². The second kappa shape index (κ2) is 19.1. The molecular weight excluding hydrogens is 776 g/mol. The second-order valence-electron chi connectivity index (χ2n) is 14.1. The van der Waals surface area contributed by atoms with E-state index < -0.39 is 187 Å².